The normalized spacial score (nSPS) is 19.1. The largest absolute Gasteiger partial charge is 0.351 e. The van der Waals surface area contributed by atoms with Crippen molar-refractivity contribution in [3.05, 3.63) is 28.5 Å². The molecule has 0 aliphatic carbocycles. The molecule has 1 N–H and O–H groups in total. The van der Waals surface area contributed by atoms with Crippen LogP contribution in [0.5, 0.6) is 0 Å². The molecule has 3 nitrogen and oxygen atoms in total. The molecular formula is C15H21ClN2OS. The first-order chi connectivity index (χ1) is 9.56. The zero-order valence-corrected chi connectivity index (χ0v) is 13.6. The fourth-order valence-electron chi connectivity index (χ4n) is 2.22. The van der Waals surface area contributed by atoms with E-state index in [0.29, 0.717) is 16.0 Å². The number of thioether (sulfide) groups is 1. The van der Waals surface area contributed by atoms with Gasteiger partial charge in [-0.25, -0.2) is 4.98 Å². The molecule has 1 aromatic rings. The summed E-state index contributed by atoms with van der Waals surface area (Å²) in [6, 6.07) is 3.47. The molecule has 0 radical (unpaired) electrons. The van der Waals surface area contributed by atoms with Gasteiger partial charge in [-0.1, -0.05) is 31.9 Å². The third-order valence-corrected chi connectivity index (χ3v) is 5.02. The van der Waals surface area contributed by atoms with E-state index >= 15 is 0 Å². The number of pyridine rings is 1. The summed E-state index contributed by atoms with van der Waals surface area (Å²) < 4.78 is 0. The Labute approximate surface area is 129 Å². The highest BCUT2D eigenvalue weighted by Gasteiger charge is 2.16. The first-order valence-corrected chi connectivity index (χ1v) is 8.56. The lowest BCUT2D eigenvalue weighted by Gasteiger charge is -2.21. The van der Waals surface area contributed by atoms with Crippen molar-refractivity contribution >= 4 is 29.3 Å². The van der Waals surface area contributed by atoms with Crippen LogP contribution in [0.3, 0.4) is 0 Å². The molecule has 1 saturated heterocycles. The molecule has 5 heteroatoms. The minimum absolute atomic E-state index is 0.0534. The average molecular weight is 313 g/mol. The molecule has 1 fully saturated rings. The van der Waals surface area contributed by atoms with Crippen molar-refractivity contribution in [2.45, 2.75) is 44.3 Å². The van der Waals surface area contributed by atoms with Crippen molar-refractivity contribution in [3.8, 4) is 0 Å². The van der Waals surface area contributed by atoms with Crippen molar-refractivity contribution in [1.29, 1.82) is 0 Å². The lowest BCUT2D eigenvalue weighted by molar-refractivity contribution is 0.0953. The van der Waals surface area contributed by atoms with Crippen LogP contribution in [-0.4, -0.2) is 28.4 Å². The van der Waals surface area contributed by atoms with Crippen molar-refractivity contribution in [2.75, 3.05) is 12.3 Å². The van der Waals surface area contributed by atoms with E-state index in [0.717, 1.165) is 12.2 Å². The fourth-order valence-corrected chi connectivity index (χ4v) is 3.67. The zero-order valence-electron chi connectivity index (χ0n) is 12.0. The second-order valence-electron chi connectivity index (χ2n) is 5.46. The Morgan fingerprint density at radius 3 is 2.95 bits per heavy atom. The Hall–Kier alpha value is -0.740. The summed E-state index contributed by atoms with van der Waals surface area (Å²) >= 11 is 7.95. The predicted molar refractivity (Wildman–Crippen MR) is 85.8 cm³/mol. The van der Waals surface area contributed by atoms with Crippen LogP contribution >= 0.6 is 23.4 Å². The number of nitrogens with one attached hydrogen (secondary N) is 1. The van der Waals surface area contributed by atoms with Crippen LogP contribution in [0.1, 0.15) is 55.1 Å². The monoisotopic (exact) mass is 312 g/mol. The van der Waals surface area contributed by atoms with Gasteiger partial charge in [0.1, 0.15) is 5.15 Å². The topological polar surface area (TPSA) is 42.0 Å². The number of rotatable bonds is 4. The number of nitrogens with zero attached hydrogens (tertiary/aromatic N) is 1. The van der Waals surface area contributed by atoms with Crippen molar-refractivity contribution < 1.29 is 4.79 Å². The Bertz CT molecular complexity index is 473. The van der Waals surface area contributed by atoms with Gasteiger partial charge in [0.15, 0.2) is 0 Å². The molecule has 1 unspecified atom stereocenters. The second-order valence-corrected chi connectivity index (χ2v) is 7.25. The van der Waals surface area contributed by atoms with Crippen LogP contribution in [0.2, 0.25) is 5.15 Å². The van der Waals surface area contributed by atoms with E-state index in [9.17, 15) is 4.79 Å². The van der Waals surface area contributed by atoms with Gasteiger partial charge in [0.05, 0.1) is 0 Å². The van der Waals surface area contributed by atoms with E-state index in [4.69, 9.17) is 11.6 Å². The summed E-state index contributed by atoms with van der Waals surface area (Å²) in [5.74, 6) is 1.41. The van der Waals surface area contributed by atoms with Crippen LogP contribution in [-0.2, 0) is 0 Å². The van der Waals surface area contributed by atoms with Gasteiger partial charge in [-0.05, 0) is 36.6 Å². The average Bonchev–Trinajstić information content (AvgIpc) is 2.45. The van der Waals surface area contributed by atoms with Gasteiger partial charge >= 0.3 is 0 Å². The quantitative estimate of drug-likeness (QED) is 0.858. The second kappa shape index (κ2) is 7.32. The maximum absolute atomic E-state index is 12.2. The molecule has 0 saturated carbocycles. The number of hydrogen-bond acceptors (Lipinski definition) is 3. The predicted octanol–water partition coefficient (Wildman–Crippen LogP) is 3.87. The van der Waals surface area contributed by atoms with E-state index in [1.165, 1.54) is 25.0 Å². The molecule has 0 aromatic carbocycles. The number of halogens is 1. The minimum atomic E-state index is -0.0534. The molecule has 1 atom stereocenters. The molecule has 20 heavy (non-hydrogen) atoms. The van der Waals surface area contributed by atoms with Crippen LogP contribution in [0.25, 0.3) is 0 Å². The van der Waals surface area contributed by atoms with Crippen LogP contribution in [0.15, 0.2) is 12.1 Å². The van der Waals surface area contributed by atoms with Gasteiger partial charge in [-0.15, -0.1) is 0 Å². The minimum Gasteiger partial charge on any atom is -0.351 e. The van der Waals surface area contributed by atoms with E-state index in [1.54, 1.807) is 6.07 Å². The molecule has 0 bridgehead atoms. The van der Waals surface area contributed by atoms with Crippen LogP contribution < -0.4 is 5.32 Å². The first-order valence-electron chi connectivity index (χ1n) is 7.13. The molecule has 2 heterocycles. The van der Waals surface area contributed by atoms with Crippen molar-refractivity contribution in [1.82, 2.24) is 10.3 Å². The van der Waals surface area contributed by atoms with Crippen LogP contribution in [0, 0.1) is 0 Å². The third kappa shape index (κ3) is 4.38. The Balaban J connectivity index is 1.97. The van der Waals surface area contributed by atoms with E-state index < -0.39 is 0 Å². The Kier molecular flexibility index (Phi) is 5.73. The van der Waals surface area contributed by atoms with Gasteiger partial charge in [0.2, 0.25) is 0 Å². The number of carbonyl (C=O) groups excluding carboxylic acids is 1. The first kappa shape index (κ1) is 15.6. The van der Waals surface area contributed by atoms with E-state index in [2.05, 4.69) is 10.3 Å². The lowest BCUT2D eigenvalue weighted by Crippen LogP contribution is -2.32. The molecule has 110 valence electrons. The SMILES string of the molecule is CC(C)c1cc(C(=O)NCC2CCCCS2)cc(Cl)n1. The third-order valence-electron chi connectivity index (χ3n) is 3.43. The van der Waals surface area contributed by atoms with Gasteiger partial charge in [0.25, 0.3) is 5.91 Å². The van der Waals surface area contributed by atoms with Crippen molar-refractivity contribution in [2.24, 2.45) is 0 Å². The Morgan fingerprint density at radius 2 is 2.30 bits per heavy atom. The fraction of sp³-hybridized carbons (Fsp3) is 0.600. The summed E-state index contributed by atoms with van der Waals surface area (Å²) in [6.07, 6.45) is 3.76. The number of amides is 1. The summed E-state index contributed by atoms with van der Waals surface area (Å²) in [4.78, 5) is 16.5. The van der Waals surface area contributed by atoms with Crippen LogP contribution in [0.4, 0.5) is 0 Å². The van der Waals surface area contributed by atoms with Gasteiger partial charge < -0.3 is 5.32 Å². The highest BCUT2D eigenvalue weighted by atomic mass is 35.5. The summed E-state index contributed by atoms with van der Waals surface area (Å²) in [7, 11) is 0. The molecular weight excluding hydrogens is 292 g/mol. The van der Waals surface area contributed by atoms with E-state index in [-0.39, 0.29) is 11.8 Å². The molecule has 1 aromatic heterocycles. The number of carbonyl (C=O) groups is 1. The summed E-state index contributed by atoms with van der Waals surface area (Å²) in [6.45, 7) is 4.82. The highest BCUT2D eigenvalue weighted by Crippen LogP contribution is 2.24. The maximum Gasteiger partial charge on any atom is 0.251 e. The zero-order chi connectivity index (χ0) is 14.5. The maximum atomic E-state index is 12.2. The van der Waals surface area contributed by atoms with Crippen molar-refractivity contribution in [3.63, 3.8) is 0 Å². The Morgan fingerprint density at radius 1 is 1.50 bits per heavy atom. The molecule has 1 aliphatic heterocycles. The molecule has 1 amide bonds. The summed E-state index contributed by atoms with van der Waals surface area (Å²) in [5.41, 5.74) is 1.46. The van der Waals surface area contributed by atoms with Gasteiger partial charge in [-0.2, -0.15) is 11.8 Å². The van der Waals surface area contributed by atoms with Gasteiger partial charge in [0, 0.05) is 23.1 Å². The highest BCUT2D eigenvalue weighted by molar-refractivity contribution is 7.99. The van der Waals surface area contributed by atoms with E-state index in [1.807, 2.05) is 31.7 Å². The number of hydrogen-bond donors (Lipinski definition) is 1. The lowest BCUT2D eigenvalue weighted by atomic mass is 10.1. The number of aromatic nitrogens is 1. The molecule has 1 aliphatic rings. The molecule has 0 spiro atoms. The van der Waals surface area contributed by atoms with Gasteiger partial charge in [-0.3, -0.25) is 4.79 Å². The smallest absolute Gasteiger partial charge is 0.251 e. The molecule has 2 rings (SSSR count). The standard InChI is InChI=1S/C15H21ClN2OS/c1-10(2)13-7-11(8-14(16)18-13)15(19)17-9-12-5-3-4-6-20-12/h7-8,10,12H,3-6,9H2,1-2H3,(H,17,19). The summed E-state index contributed by atoms with van der Waals surface area (Å²) in [5, 5.41) is 3.95.